The molecule has 0 heterocycles. The Morgan fingerprint density at radius 3 is 2.69 bits per heavy atom. The van der Waals surface area contributed by atoms with E-state index in [9.17, 15) is 0 Å². The number of rotatable bonds is 7. The van der Waals surface area contributed by atoms with Crippen molar-refractivity contribution in [2.45, 2.75) is 13.5 Å². The summed E-state index contributed by atoms with van der Waals surface area (Å²) < 4.78 is 15.9. The van der Waals surface area contributed by atoms with Gasteiger partial charge in [-0.3, -0.25) is 0 Å². The molecule has 0 radical (unpaired) electrons. The number of benzene rings is 1. The normalized spacial score (nSPS) is 10.2. The number of nitrogens with two attached hydrogens (primary N) is 1. The molecule has 0 aliphatic heterocycles. The van der Waals surface area contributed by atoms with Crippen molar-refractivity contribution in [1.29, 1.82) is 0 Å². The van der Waals surface area contributed by atoms with Gasteiger partial charge in [-0.1, -0.05) is 6.07 Å². The summed E-state index contributed by atoms with van der Waals surface area (Å²) in [6, 6.07) is 5.63. The van der Waals surface area contributed by atoms with E-state index in [0.29, 0.717) is 26.4 Å². The largest absolute Gasteiger partial charge is 0.497 e. The second kappa shape index (κ2) is 7.09. The van der Waals surface area contributed by atoms with Crippen molar-refractivity contribution in [2.24, 2.45) is 5.73 Å². The van der Waals surface area contributed by atoms with E-state index >= 15 is 0 Å². The molecule has 0 spiro atoms. The van der Waals surface area contributed by atoms with Gasteiger partial charge in [0.2, 0.25) is 0 Å². The molecule has 0 atom stereocenters. The first-order valence-electron chi connectivity index (χ1n) is 5.39. The van der Waals surface area contributed by atoms with Crippen LogP contribution in [0.1, 0.15) is 12.5 Å². The van der Waals surface area contributed by atoms with Crippen LogP contribution in [-0.2, 0) is 11.3 Å². The zero-order valence-corrected chi connectivity index (χ0v) is 9.86. The fraction of sp³-hybridized carbons (Fsp3) is 0.500. The Kier molecular flexibility index (Phi) is 5.67. The number of hydrogen-bond donors (Lipinski definition) is 1. The SMILES string of the molecule is CCOCCOc1cc(OC)ccc1CN. The lowest BCUT2D eigenvalue weighted by Gasteiger charge is -2.11. The summed E-state index contributed by atoms with van der Waals surface area (Å²) in [5, 5.41) is 0. The molecule has 1 rings (SSSR count). The van der Waals surface area contributed by atoms with E-state index in [4.69, 9.17) is 19.9 Å². The van der Waals surface area contributed by atoms with Crippen LogP contribution in [0.2, 0.25) is 0 Å². The topological polar surface area (TPSA) is 53.7 Å². The lowest BCUT2D eigenvalue weighted by atomic mass is 10.2. The zero-order chi connectivity index (χ0) is 11.8. The van der Waals surface area contributed by atoms with Gasteiger partial charge in [0.1, 0.15) is 18.1 Å². The third-order valence-corrected chi connectivity index (χ3v) is 2.18. The Balaban J connectivity index is 2.60. The van der Waals surface area contributed by atoms with E-state index in [1.165, 1.54) is 0 Å². The predicted molar refractivity (Wildman–Crippen MR) is 62.9 cm³/mol. The maximum absolute atomic E-state index is 5.62. The molecule has 0 unspecified atom stereocenters. The monoisotopic (exact) mass is 225 g/mol. The average Bonchev–Trinajstić information content (AvgIpc) is 2.34. The van der Waals surface area contributed by atoms with E-state index in [0.717, 1.165) is 17.1 Å². The summed E-state index contributed by atoms with van der Waals surface area (Å²) in [6.07, 6.45) is 0. The van der Waals surface area contributed by atoms with Gasteiger partial charge in [-0.25, -0.2) is 0 Å². The molecule has 0 bridgehead atoms. The summed E-state index contributed by atoms with van der Waals surface area (Å²) >= 11 is 0. The molecule has 0 aliphatic rings. The minimum absolute atomic E-state index is 0.452. The Morgan fingerprint density at radius 1 is 1.25 bits per heavy atom. The van der Waals surface area contributed by atoms with Gasteiger partial charge in [-0.2, -0.15) is 0 Å². The highest BCUT2D eigenvalue weighted by atomic mass is 16.5. The molecule has 2 N–H and O–H groups in total. The smallest absolute Gasteiger partial charge is 0.127 e. The summed E-state index contributed by atoms with van der Waals surface area (Å²) in [4.78, 5) is 0. The van der Waals surface area contributed by atoms with Crippen molar-refractivity contribution in [3.63, 3.8) is 0 Å². The molecule has 0 saturated carbocycles. The van der Waals surface area contributed by atoms with Gasteiger partial charge in [-0.15, -0.1) is 0 Å². The molecule has 90 valence electrons. The molecule has 0 aromatic heterocycles. The Labute approximate surface area is 96.3 Å². The van der Waals surface area contributed by atoms with Crippen LogP contribution in [0, 0.1) is 0 Å². The van der Waals surface area contributed by atoms with Crippen LogP contribution in [0.25, 0.3) is 0 Å². The second-order valence-corrected chi connectivity index (χ2v) is 3.22. The van der Waals surface area contributed by atoms with Crippen LogP contribution in [0.3, 0.4) is 0 Å². The fourth-order valence-corrected chi connectivity index (χ4v) is 1.32. The maximum Gasteiger partial charge on any atom is 0.127 e. The first-order valence-corrected chi connectivity index (χ1v) is 5.39. The van der Waals surface area contributed by atoms with Gasteiger partial charge in [0.05, 0.1) is 13.7 Å². The first kappa shape index (κ1) is 12.8. The van der Waals surface area contributed by atoms with Crippen LogP contribution >= 0.6 is 0 Å². The lowest BCUT2D eigenvalue weighted by Crippen LogP contribution is -2.09. The van der Waals surface area contributed by atoms with Crippen molar-refractivity contribution in [2.75, 3.05) is 26.9 Å². The van der Waals surface area contributed by atoms with Gasteiger partial charge in [0.15, 0.2) is 0 Å². The van der Waals surface area contributed by atoms with Crippen LogP contribution in [0.5, 0.6) is 11.5 Å². The van der Waals surface area contributed by atoms with Gasteiger partial charge in [0.25, 0.3) is 0 Å². The van der Waals surface area contributed by atoms with Crippen molar-refractivity contribution >= 4 is 0 Å². The Morgan fingerprint density at radius 2 is 2.06 bits per heavy atom. The van der Waals surface area contributed by atoms with Gasteiger partial charge < -0.3 is 19.9 Å². The van der Waals surface area contributed by atoms with E-state index in [1.54, 1.807) is 7.11 Å². The number of ether oxygens (including phenoxy) is 3. The molecule has 4 heteroatoms. The van der Waals surface area contributed by atoms with Crippen molar-refractivity contribution < 1.29 is 14.2 Å². The van der Waals surface area contributed by atoms with E-state index < -0.39 is 0 Å². The highest BCUT2D eigenvalue weighted by Gasteiger charge is 2.04. The summed E-state index contributed by atoms with van der Waals surface area (Å²) in [7, 11) is 1.63. The van der Waals surface area contributed by atoms with E-state index in [-0.39, 0.29) is 0 Å². The van der Waals surface area contributed by atoms with Crippen LogP contribution in [0.15, 0.2) is 18.2 Å². The van der Waals surface area contributed by atoms with Crippen molar-refractivity contribution in [1.82, 2.24) is 0 Å². The molecule has 0 fully saturated rings. The summed E-state index contributed by atoms with van der Waals surface area (Å²) in [5.41, 5.74) is 6.59. The highest BCUT2D eigenvalue weighted by Crippen LogP contribution is 2.24. The third kappa shape index (κ3) is 3.72. The Bertz CT molecular complexity index is 315. The van der Waals surface area contributed by atoms with Crippen LogP contribution in [0.4, 0.5) is 0 Å². The molecule has 0 amide bonds. The minimum Gasteiger partial charge on any atom is -0.497 e. The molecule has 1 aromatic carbocycles. The van der Waals surface area contributed by atoms with Crippen molar-refractivity contribution in [3.05, 3.63) is 23.8 Å². The zero-order valence-electron chi connectivity index (χ0n) is 9.86. The third-order valence-electron chi connectivity index (χ3n) is 2.18. The number of hydrogen-bond acceptors (Lipinski definition) is 4. The maximum atomic E-state index is 5.62. The molecule has 1 aromatic rings. The van der Waals surface area contributed by atoms with Gasteiger partial charge in [-0.05, 0) is 13.0 Å². The molecule has 0 aliphatic carbocycles. The summed E-state index contributed by atoms with van der Waals surface area (Å²) in [5.74, 6) is 1.53. The Hall–Kier alpha value is -1.26. The van der Waals surface area contributed by atoms with Gasteiger partial charge in [0, 0.05) is 24.8 Å². The van der Waals surface area contributed by atoms with Gasteiger partial charge >= 0.3 is 0 Å². The minimum atomic E-state index is 0.452. The second-order valence-electron chi connectivity index (χ2n) is 3.22. The highest BCUT2D eigenvalue weighted by molar-refractivity contribution is 5.40. The van der Waals surface area contributed by atoms with Crippen LogP contribution in [-0.4, -0.2) is 26.9 Å². The van der Waals surface area contributed by atoms with E-state index in [2.05, 4.69) is 0 Å². The molecular formula is C12H19NO3. The fourth-order valence-electron chi connectivity index (χ4n) is 1.32. The van der Waals surface area contributed by atoms with Crippen molar-refractivity contribution in [3.8, 4) is 11.5 Å². The molecule has 16 heavy (non-hydrogen) atoms. The lowest BCUT2D eigenvalue weighted by molar-refractivity contribution is 0.109. The molecule has 0 saturated heterocycles. The predicted octanol–water partition coefficient (Wildman–Crippen LogP) is 1.57. The quantitative estimate of drug-likeness (QED) is 0.716. The number of methoxy groups -OCH3 is 1. The first-order chi connectivity index (χ1) is 7.81. The molecular weight excluding hydrogens is 206 g/mol. The molecule has 4 nitrogen and oxygen atoms in total. The standard InChI is InChI=1S/C12H19NO3/c1-3-15-6-7-16-12-8-11(14-2)5-4-10(12)9-13/h4-5,8H,3,6-7,9,13H2,1-2H3. The van der Waals surface area contributed by atoms with Crippen LogP contribution < -0.4 is 15.2 Å². The van der Waals surface area contributed by atoms with E-state index in [1.807, 2.05) is 25.1 Å². The summed E-state index contributed by atoms with van der Waals surface area (Å²) in [6.45, 7) is 4.21. The average molecular weight is 225 g/mol.